The van der Waals surface area contributed by atoms with Gasteiger partial charge in [-0.15, -0.1) is 0 Å². The summed E-state index contributed by atoms with van der Waals surface area (Å²) in [6.07, 6.45) is 1.61. The number of benzene rings is 1. The van der Waals surface area contributed by atoms with Gasteiger partial charge in [0.15, 0.2) is 0 Å². The molecule has 1 aromatic carbocycles. The van der Waals surface area contributed by atoms with Crippen LogP contribution in [0.3, 0.4) is 0 Å². The van der Waals surface area contributed by atoms with Crippen molar-refractivity contribution in [2.75, 3.05) is 7.05 Å². The van der Waals surface area contributed by atoms with E-state index in [1.54, 1.807) is 12.3 Å². The van der Waals surface area contributed by atoms with Gasteiger partial charge in [-0.3, -0.25) is 0 Å². The number of hydrogen-bond donors (Lipinski definition) is 1. The molecule has 2 rings (SSSR count). The molecule has 0 radical (unpaired) electrons. The van der Waals surface area contributed by atoms with Crippen molar-refractivity contribution < 1.29 is 4.74 Å². The van der Waals surface area contributed by atoms with Crippen molar-refractivity contribution in [3.63, 3.8) is 0 Å². The van der Waals surface area contributed by atoms with Crippen LogP contribution in [-0.2, 0) is 6.61 Å². The number of nitriles is 1. The van der Waals surface area contributed by atoms with Crippen LogP contribution in [0, 0.1) is 11.3 Å². The molecule has 20 heavy (non-hydrogen) atoms. The Labute approximate surface area is 119 Å². The van der Waals surface area contributed by atoms with Crippen LogP contribution in [0.25, 0.3) is 0 Å². The largest absolute Gasteiger partial charge is 0.489 e. The molecule has 1 N–H and O–H groups in total. The molecule has 0 fully saturated rings. The van der Waals surface area contributed by atoms with E-state index in [1.165, 1.54) is 5.56 Å². The van der Waals surface area contributed by atoms with Crippen molar-refractivity contribution in [1.82, 2.24) is 10.3 Å². The molecule has 0 aliphatic rings. The predicted molar refractivity (Wildman–Crippen MR) is 77.2 cm³/mol. The SMILES string of the molecule is CNC(C)c1ccc(OCc2cccnc2C#N)cc1. The highest BCUT2D eigenvalue weighted by Gasteiger charge is 2.05. The number of hydrogen-bond acceptors (Lipinski definition) is 4. The lowest BCUT2D eigenvalue weighted by molar-refractivity contribution is 0.305. The van der Waals surface area contributed by atoms with Gasteiger partial charge in [-0.05, 0) is 37.7 Å². The third-order valence-corrected chi connectivity index (χ3v) is 3.20. The van der Waals surface area contributed by atoms with E-state index < -0.39 is 0 Å². The van der Waals surface area contributed by atoms with Gasteiger partial charge >= 0.3 is 0 Å². The Balaban J connectivity index is 2.03. The summed E-state index contributed by atoms with van der Waals surface area (Å²) in [7, 11) is 1.93. The molecule has 0 saturated carbocycles. The Hall–Kier alpha value is -2.38. The van der Waals surface area contributed by atoms with E-state index >= 15 is 0 Å². The van der Waals surface area contributed by atoms with Crippen molar-refractivity contribution >= 4 is 0 Å². The van der Waals surface area contributed by atoms with Gasteiger partial charge in [-0.1, -0.05) is 18.2 Å². The summed E-state index contributed by atoms with van der Waals surface area (Å²) < 4.78 is 5.69. The molecule has 0 spiro atoms. The van der Waals surface area contributed by atoms with Crippen molar-refractivity contribution in [1.29, 1.82) is 5.26 Å². The van der Waals surface area contributed by atoms with Crippen LogP contribution in [0.5, 0.6) is 5.75 Å². The highest BCUT2D eigenvalue weighted by molar-refractivity contribution is 5.32. The van der Waals surface area contributed by atoms with Crippen LogP contribution in [0.4, 0.5) is 0 Å². The first kappa shape index (κ1) is 14.0. The molecule has 2 aromatic rings. The molecule has 0 aliphatic carbocycles. The summed E-state index contributed by atoms with van der Waals surface area (Å²) in [6, 6.07) is 14.0. The fourth-order valence-electron chi connectivity index (χ4n) is 1.84. The second-order valence-corrected chi connectivity index (χ2v) is 4.49. The van der Waals surface area contributed by atoms with E-state index in [9.17, 15) is 0 Å². The van der Waals surface area contributed by atoms with Gasteiger partial charge in [0.2, 0.25) is 0 Å². The Morgan fingerprint density at radius 1 is 1.30 bits per heavy atom. The molecule has 0 amide bonds. The Morgan fingerprint density at radius 2 is 2.05 bits per heavy atom. The number of ether oxygens (including phenoxy) is 1. The summed E-state index contributed by atoms with van der Waals surface area (Å²) in [6.45, 7) is 2.45. The molecule has 4 nitrogen and oxygen atoms in total. The van der Waals surface area contributed by atoms with Crippen LogP contribution < -0.4 is 10.1 Å². The van der Waals surface area contributed by atoms with E-state index in [0.717, 1.165) is 11.3 Å². The van der Waals surface area contributed by atoms with E-state index in [0.29, 0.717) is 18.3 Å². The molecule has 102 valence electrons. The molecule has 0 aliphatic heterocycles. The van der Waals surface area contributed by atoms with Crippen LogP contribution in [0.1, 0.15) is 29.8 Å². The van der Waals surface area contributed by atoms with Gasteiger partial charge in [0.25, 0.3) is 0 Å². The molecule has 1 aromatic heterocycles. The van der Waals surface area contributed by atoms with Gasteiger partial charge in [-0.25, -0.2) is 4.98 Å². The zero-order chi connectivity index (χ0) is 14.4. The minimum absolute atomic E-state index is 0.313. The second kappa shape index (κ2) is 6.69. The number of nitrogens with zero attached hydrogens (tertiary/aromatic N) is 2. The predicted octanol–water partition coefficient (Wildman–Crippen LogP) is 2.81. The van der Waals surface area contributed by atoms with Crippen molar-refractivity contribution in [2.45, 2.75) is 19.6 Å². The molecule has 1 heterocycles. The maximum Gasteiger partial charge on any atom is 0.147 e. The summed E-state index contributed by atoms with van der Waals surface area (Å²) in [5.41, 5.74) is 2.41. The summed E-state index contributed by atoms with van der Waals surface area (Å²) in [4.78, 5) is 4.01. The fraction of sp³-hybridized carbons (Fsp3) is 0.250. The van der Waals surface area contributed by atoms with Crippen LogP contribution in [0.2, 0.25) is 0 Å². The molecule has 0 saturated heterocycles. The zero-order valence-corrected chi connectivity index (χ0v) is 11.6. The minimum Gasteiger partial charge on any atom is -0.489 e. The Morgan fingerprint density at radius 3 is 2.70 bits per heavy atom. The standard InChI is InChI=1S/C16H17N3O/c1-12(18-2)13-5-7-15(8-6-13)20-11-14-4-3-9-19-16(14)10-17/h3-9,12,18H,11H2,1-2H3. The lowest BCUT2D eigenvalue weighted by atomic mass is 10.1. The molecule has 0 bridgehead atoms. The average molecular weight is 267 g/mol. The third kappa shape index (κ3) is 3.34. The lowest BCUT2D eigenvalue weighted by Crippen LogP contribution is -2.11. The molecule has 1 atom stereocenters. The first-order valence-corrected chi connectivity index (χ1v) is 6.48. The second-order valence-electron chi connectivity index (χ2n) is 4.49. The smallest absolute Gasteiger partial charge is 0.147 e. The number of rotatable bonds is 5. The number of aromatic nitrogens is 1. The minimum atomic E-state index is 0.313. The summed E-state index contributed by atoms with van der Waals surface area (Å²) in [5.74, 6) is 0.782. The first-order valence-electron chi connectivity index (χ1n) is 6.48. The van der Waals surface area contributed by atoms with Gasteiger partial charge < -0.3 is 10.1 Å². The van der Waals surface area contributed by atoms with E-state index in [-0.39, 0.29) is 0 Å². The Bertz CT molecular complexity index is 602. The Kier molecular flexibility index (Phi) is 4.70. The average Bonchev–Trinajstić information content (AvgIpc) is 2.53. The van der Waals surface area contributed by atoms with Crippen molar-refractivity contribution in [3.05, 3.63) is 59.4 Å². The normalized spacial score (nSPS) is 11.7. The van der Waals surface area contributed by atoms with Gasteiger partial charge in [-0.2, -0.15) is 5.26 Å². The fourth-order valence-corrected chi connectivity index (χ4v) is 1.84. The summed E-state index contributed by atoms with van der Waals surface area (Å²) in [5, 5.41) is 12.2. The van der Waals surface area contributed by atoms with Crippen molar-refractivity contribution in [3.8, 4) is 11.8 Å². The van der Waals surface area contributed by atoms with Crippen molar-refractivity contribution in [2.24, 2.45) is 0 Å². The number of nitrogens with one attached hydrogen (secondary N) is 1. The maximum absolute atomic E-state index is 8.97. The maximum atomic E-state index is 8.97. The van der Waals surface area contributed by atoms with Crippen LogP contribution in [0.15, 0.2) is 42.6 Å². The molecular formula is C16H17N3O. The molecule has 1 unspecified atom stereocenters. The quantitative estimate of drug-likeness (QED) is 0.905. The van der Waals surface area contributed by atoms with E-state index in [4.69, 9.17) is 10.00 Å². The van der Waals surface area contributed by atoms with E-state index in [2.05, 4.69) is 23.3 Å². The monoisotopic (exact) mass is 267 g/mol. The van der Waals surface area contributed by atoms with Gasteiger partial charge in [0, 0.05) is 17.8 Å². The highest BCUT2D eigenvalue weighted by atomic mass is 16.5. The lowest BCUT2D eigenvalue weighted by Gasteiger charge is -2.12. The molecular weight excluding hydrogens is 250 g/mol. The van der Waals surface area contributed by atoms with Gasteiger partial charge in [0.05, 0.1) is 0 Å². The number of pyridine rings is 1. The van der Waals surface area contributed by atoms with E-state index in [1.807, 2.05) is 37.4 Å². The first-order chi connectivity index (χ1) is 9.74. The summed E-state index contributed by atoms with van der Waals surface area (Å²) >= 11 is 0. The van der Waals surface area contributed by atoms with Crippen LogP contribution in [-0.4, -0.2) is 12.0 Å². The zero-order valence-electron chi connectivity index (χ0n) is 11.6. The third-order valence-electron chi connectivity index (χ3n) is 3.20. The highest BCUT2D eigenvalue weighted by Crippen LogP contribution is 2.18. The topological polar surface area (TPSA) is 57.9 Å². The van der Waals surface area contributed by atoms with Crippen LogP contribution >= 0.6 is 0 Å². The van der Waals surface area contributed by atoms with Gasteiger partial charge in [0.1, 0.15) is 24.1 Å². The molecule has 4 heteroatoms.